The molecule has 0 saturated heterocycles. The molecule has 6 heteroatoms. The molecule has 1 N–H and O–H groups in total. The van der Waals surface area contributed by atoms with Crippen molar-refractivity contribution < 1.29 is 14.3 Å². The van der Waals surface area contributed by atoms with Crippen LogP contribution in [0, 0.1) is 0 Å². The topological polar surface area (TPSA) is 58.6 Å². The van der Waals surface area contributed by atoms with Crippen LogP contribution in [0.2, 0.25) is 0 Å². The van der Waals surface area contributed by atoms with Crippen molar-refractivity contribution in [1.29, 1.82) is 0 Å². The molecule has 25 heavy (non-hydrogen) atoms. The van der Waals surface area contributed by atoms with Gasteiger partial charge in [-0.05, 0) is 72.2 Å². The second-order valence-corrected chi connectivity index (χ2v) is 6.21. The van der Waals surface area contributed by atoms with Crippen LogP contribution in [0.25, 0.3) is 0 Å². The number of ether oxygens (including phenoxy) is 1. The summed E-state index contributed by atoms with van der Waals surface area (Å²) in [6.07, 6.45) is 0. The SMILES string of the molecule is CCN(CC)C(=O)c1ccc(NC(=O)c2ccc(OC)c(Br)c2)cc1. The van der Waals surface area contributed by atoms with Crippen LogP contribution in [0.4, 0.5) is 5.69 Å². The molecule has 0 heterocycles. The Hall–Kier alpha value is -2.34. The summed E-state index contributed by atoms with van der Waals surface area (Å²) in [5.74, 6) is 0.420. The molecule has 132 valence electrons. The van der Waals surface area contributed by atoms with Gasteiger partial charge in [0.05, 0.1) is 11.6 Å². The molecule has 0 radical (unpaired) electrons. The van der Waals surface area contributed by atoms with Crippen molar-refractivity contribution in [2.45, 2.75) is 13.8 Å². The number of hydrogen-bond donors (Lipinski definition) is 1. The fourth-order valence-electron chi connectivity index (χ4n) is 2.40. The summed E-state index contributed by atoms with van der Waals surface area (Å²) >= 11 is 3.37. The number of benzene rings is 2. The molecular weight excluding hydrogens is 384 g/mol. The Morgan fingerprint density at radius 3 is 2.16 bits per heavy atom. The number of hydrogen-bond acceptors (Lipinski definition) is 3. The molecule has 0 aliphatic carbocycles. The van der Waals surface area contributed by atoms with Crippen molar-refractivity contribution >= 4 is 33.4 Å². The molecule has 0 atom stereocenters. The zero-order chi connectivity index (χ0) is 18.4. The third-order valence-corrected chi connectivity index (χ3v) is 4.47. The Labute approximate surface area is 156 Å². The number of halogens is 1. The predicted molar refractivity (Wildman–Crippen MR) is 102 cm³/mol. The minimum absolute atomic E-state index is 0.0121. The molecule has 0 saturated carbocycles. The van der Waals surface area contributed by atoms with Crippen LogP contribution in [0.3, 0.4) is 0 Å². The van der Waals surface area contributed by atoms with Gasteiger partial charge < -0.3 is 15.0 Å². The maximum Gasteiger partial charge on any atom is 0.255 e. The van der Waals surface area contributed by atoms with Gasteiger partial charge in [0.25, 0.3) is 11.8 Å². The van der Waals surface area contributed by atoms with Crippen LogP contribution in [-0.2, 0) is 0 Å². The predicted octanol–water partition coefficient (Wildman–Crippen LogP) is 4.19. The normalized spacial score (nSPS) is 10.2. The van der Waals surface area contributed by atoms with E-state index < -0.39 is 0 Å². The molecule has 0 fully saturated rings. The van der Waals surface area contributed by atoms with E-state index in [0.717, 1.165) is 0 Å². The van der Waals surface area contributed by atoms with Crippen LogP contribution in [0.5, 0.6) is 5.75 Å². The van der Waals surface area contributed by atoms with Gasteiger partial charge in [0.15, 0.2) is 0 Å². The Balaban J connectivity index is 2.09. The first-order valence-corrected chi connectivity index (χ1v) is 8.83. The molecule has 0 aliphatic rings. The number of carbonyl (C=O) groups excluding carboxylic acids is 2. The summed E-state index contributed by atoms with van der Waals surface area (Å²) < 4.78 is 5.87. The van der Waals surface area contributed by atoms with Gasteiger partial charge in [0.2, 0.25) is 0 Å². The van der Waals surface area contributed by atoms with Crippen molar-refractivity contribution in [3.8, 4) is 5.75 Å². The Kier molecular flexibility index (Phi) is 6.58. The minimum Gasteiger partial charge on any atom is -0.496 e. The van der Waals surface area contributed by atoms with Crippen LogP contribution in [0.1, 0.15) is 34.6 Å². The van der Waals surface area contributed by atoms with Gasteiger partial charge in [-0.2, -0.15) is 0 Å². The molecule has 0 bridgehead atoms. The standard InChI is InChI=1S/C19H21BrN2O3/c1-4-22(5-2)19(24)13-6-9-15(10-7-13)21-18(23)14-8-11-17(25-3)16(20)12-14/h6-12H,4-5H2,1-3H3,(H,21,23). The second kappa shape index (κ2) is 8.67. The second-order valence-electron chi connectivity index (χ2n) is 5.36. The van der Waals surface area contributed by atoms with Crippen molar-refractivity contribution in [3.05, 3.63) is 58.1 Å². The number of nitrogens with zero attached hydrogens (tertiary/aromatic N) is 1. The molecule has 5 nitrogen and oxygen atoms in total. The molecule has 2 amide bonds. The van der Waals surface area contributed by atoms with Gasteiger partial charge in [-0.15, -0.1) is 0 Å². The number of amides is 2. The van der Waals surface area contributed by atoms with Crippen molar-refractivity contribution in [2.75, 3.05) is 25.5 Å². The van der Waals surface area contributed by atoms with Gasteiger partial charge in [-0.25, -0.2) is 0 Å². The lowest BCUT2D eigenvalue weighted by atomic mass is 10.1. The molecule has 0 unspecified atom stereocenters. The van der Waals surface area contributed by atoms with E-state index in [1.165, 1.54) is 0 Å². The van der Waals surface area contributed by atoms with Gasteiger partial charge in [0, 0.05) is 29.9 Å². The third-order valence-electron chi connectivity index (χ3n) is 3.85. The van der Waals surface area contributed by atoms with Crippen molar-refractivity contribution in [1.82, 2.24) is 4.90 Å². The smallest absolute Gasteiger partial charge is 0.255 e. The van der Waals surface area contributed by atoms with E-state index in [9.17, 15) is 9.59 Å². The lowest BCUT2D eigenvalue weighted by molar-refractivity contribution is 0.0773. The Morgan fingerprint density at radius 2 is 1.64 bits per heavy atom. The Bertz CT molecular complexity index is 756. The first-order valence-electron chi connectivity index (χ1n) is 8.04. The number of methoxy groups -OCH3 is 1. The summed E-state index contributed by atoms with van der Waals surface area (Å²) in [5.41, 5.74) is 1.75. The highest BCUT2D eigenvalue weighted by molar-refractivity contribution is 9.10. The van der Waals surface area contributed by atoms with Crippen LogP contribution >= 0.6 is 15.9 Å². The maximum atomic E-state index is 12.3. The van der Waals surface area contributed by atoms with E-state index in [0.29, 0.717) is 40.1 Å². The average molecular weight is 405 g/mol. The molecular formula is C19H21BrN2O3. The summed E-state index contributed by atoms with van der Waals surface area (Å²) in [6.45, 7) is 5.23. The number of nitrogens with one attached hydrogen (secondary N) is 1. The molecule has 0 aromatic heterocycles. The largest absolute Gasteiger partial charge is 0.496 e. The lowest BCUT2D eigenvalue weighted by Gasteiger charge is -2.18. The van der Waals surface area contributed by atoms with Crippen LogP contribution in [0.15, 0.2) is 46.9 Å². The van der Waals surface area contributed by atoms with Gasteiger partial charge >= 0.3 is 0 Å². The lowest BCUT2D eigenvalue weighted by Crippen LogP contribution is -2.30. The molecule has 0 spiro atoms. The van der Waals surface area contributed by atoms with E-state index in [-0.39, 0.29) is 11.8 Å². The highest BCUT2D eigenvalue weighted by Crippen LogP contribution is 2.26. The molecule has 2 aromatic carbocycles. The average Bonchev–Trinajstić information content (AvgIpc) is 2.63. The van der Waals surface area contributed by atoms with Crippen LogP contribution < -0.4 is 10.1 Å². The van der Waals surface area contributed by atoms with Crippen molar-refractivity contribution in [2.24, 2.45) is 0 Å². The monoisotopic (exact) mass is 404 g/mol. The van der Waals surface area contributed by atoms with Gasteiger partial charge in [-0.1, -0.05) is 0 Å². The van der Waals surface area contributed by atoms with Gasteiger partial charge in [0.1, 0.15) is 5.75 Å². The number of rotatable bonds is 6. The highest BCUT2D eigenvalue weighted by atomic mass is 79.9. The first-order chi connectivity index (χ1) is 12.0. The van der Waals surface area contributed by atoms with E-state index in [1.54, 1.807) is 54.5 Å². The molecule has 2 aromatic rings. The molecule has 0 aliphatic heterocycles. The number of anilines is 1. The molecule has 2 rings (SSSR count). The summed E-state index contributed by atoms with van der Waals surface area (Å²) in [5, 5.41) is 2.82. The minimum atomic E-state index is -0.230. The fraction of sp³-hybridized carbons (Fsp3) is 0.263. The zero-order valence-electron chi connectivity index (χ0n) is 14.5. The first kappa shape index (κ1) is 19.0. The summed E-state index contributed by atoms with van der Waals surface area (Å²) in [7, 11) is 1.57. The van der Waals surface area contributed by atoms with E-state index in [4.69, 9.17) is 4.74 Å². The summed E-state index contributed by atoms with van der Waals surface area (Å²) in [4.78, 5) is 26.4. The van der Waals surface area contributed by atoms with Crippen molar-refractivity contribution in [3.63, 3.8) is 0 Å². The fourth-order valence-corrected chi connectivity index (χ4v) is 2.94. The maximum absolute atomic E-state index is 12.3. The van der Waals surface area contributed by atoms with Gasteiger partial charge in [-0.3, -0.25) is 9.59 Å². The summed E-state index contributed by atoms with van der Waals surface area (Å²) in [6, 6.07) is 12.0. The third kappa shape index (κ3) is 4.60. The van der Waals surface area contributed by atoms with E-state index in [1.807, 2.05) is 13.8 Å². The highest BCUT2D eigenvalue weighted by Gasteiger charge is 2.13. The quantitative estimate of drug-likeness (QED) is 0.784. The number of carbonyl (C=O) groups is 2. The van der Waals surface area contributed by atoms with Crippen LogP contribution in [-0.4, -0.2) is 36.9 Å². The zero-order valence-corrected chi connectivity index (χ0v) is 16.1. The Morgan fingerprint density at radius 1 is 1.04 bits per heavy atom. The van der Waals surface area contributed by atoms with E-state index in [2.05, 4.69) is 21.2 Å². The van der Waals surface area contributed by atoms with E-state index >= 15 is 0 Å².